The molecule has 1 amide bonds. The Morgan fingerprint density at radius 3 is 2.36 bits per heavy atom. The Kier molecular flexibility index (Phi) is 5.72. The van der Waals surface area contributed by atoms with Gasteiger partial charge in [0.2, 0.25) is 15.0 Å². The number of hydrogen-bond donors (Lipinski definition) is 2. The van der Waals surface area contributed by atoms with Crippen molar-refractivity contribution in [2.45, 2.75) is 11.4 Å². The highest BCUT2D eigenvalue weighted by atomic mass is 32.2. The van der Waals surface area contributed by atoms with Crippen molar-refractivity contribution in [3.05, 3.63) is 69.9 Å². The Balaban J connectivity index is 1.65. The van der Waals surface area contributed by atoms with E-state index >= 15 is 0 Å². The zero-order valence-electron chi connectivity index (χ0n) is 13.8. The molecule has 0 fully saturated rings. The molecule has 0 atom stereocenters. The number of hydrogen-bond acceptors (Lipinski definition) is 6. The minimum absolute atomic E-state index is 0.0496. The number of carbonyl (C=O) groups excluding carboxylic acids is 1. The Hall–Kier alpha value is -2.83. The van der Waals surface area contributed by atoms with Crippen molar-refractivity contribution in [1.82, 2.24) is 14.9 Å². The van der Waals surface area contributed by atoms with Crippen LogP contribution in [0.1, 0.15) is 14.8 Å². The van der Waals surface area contributed by atoms with Gasteiger partial charge in [-0.3, -0.25) is 4.79 Å². The molecule has 2 N–H and O–H groups in total. The van der Waals surface area contributed by atoms with Crippen LogP contribution >= 0.6 is 11.3 Å². The van der Waals surface area contributed by atoms with Gasteiger partial charge < -0.3 is 5.32 Å². The van der Waals surface area contributed by atoms with Gasteiger partial charge in [-0.25, -0.2) is 26.3 Å². The molecule has 0 aliphatic carbocycles. The van der Waals surface area contributed by atoms with Gasteiger partial charge in [-0.1, -0.05) is 11.3 Å². The fourth-order valence-corrected chi connectivity index (χ4v) is 3.87. The van der Waals surface area contributed by atoms with Crippen LogP contribution in [0.2, 0.25) is 0 Å². The molecule has 1 aromatic heterocycles. The number of sulfonamides is 1. The topological polar surface area (TPSA) is 101 Å². The SMILES string of the molecule is O=C(Nc1ccc(F)cc1)c1nnc(CNS(=O)(=O)c2ccc(F)cc2F)s1. The number of nitrogens with one attached hydrogen (secondary N) is 2. The monoisotopic (exact) mass is 428 g/mol. The van der Waals surface area contributed by atoms with Crippen LogP contribution in [0.15, 0.2) is 47.4 Å². The summed E-state index contributed by atoms with van der Waals surface area (Å²) in [5.41, 5.74) is 0.343. The second kappa shape index (κ2) is 8.04. The Morgan fingerprint density at radius 1 is 1.00 bits per heavy atom. The fourth-order valence-electron chi connectivity index (χ4n) is 2.06. The van der Waals surface area contributed by atoms with Crippen LogP contribution in [0.25, 0.3) is 0 Å². The van der Waals surface area contributed by atoms with Crippen LogP contribution in [0, 0.1) is 17.5 Å². The normalized spacial score (nSPS) is 11.4. The predicted molar refractivity (Wildman–Crippen MR) is 94.6 cm³/mol. The number of aromatic nitrogens is 2. The Morgan fingerprint density at radius 2 is 1.68 bits per heavy atom. The first kappa shape index (κ1) is 19.9. The number of halogens is 3. The van der Waals surface area contributed by atoms with Crippen molar-refractivity contribution in [3.8, 4) is 0 Å². The van der Waals surface area contributed by atoms with E-state index in [9.17, 15) is 26.4 Å². The van der Waals surface area contributed by atoms with Crippen molar-refractivity contribution in [2.75, 3.05) is 5.32 Å². The summed E-state index contributed by atoms with van der Waals surface area (Å²) >= 11 is 0.817. The van der Waals surface area contributed by atoms with E-state index in [2.05, 4.69) is 20.2 Å². The first-order valence-electron chi connectivity index (χ1n) is 7.58. The molecule has 3 rings (SSSR count). The third-order valence-electron chi connectivity index (χ3n) is 3.36. The van der Waals surface area contributed by atoms with E-state index in [1.807, 2.05) is 0 Å². The lowest BCUT2D eigenvalue weighted by atomic mass is 10.3. The summed E-state index contributed by atoms with van der Waals surface area (Å²) in [7, 11) is -4.26. The van der Waals surface area contributed by atoms with Crippen molar-refractivity contribution < 1.29 is 26.4 Å². The quantitative estimate of drug-likeness (QED) is 0.629. The lowest BCUT2D eigenvalue weighted by Gasteiger charge is -2.06. The third-order valence-corrected chi connectivity index (χ3v) is 5.72. The van der Waals surface area contributed by atoms with Crippen LogP contribution < -0.4 is 10.0 Å². The number of amides is 1. The number of anilines is 1. The van der Waals surface area contributed by atoms with Gasteiger partial charge in [0.25, 0.3) is 5.91 Å². The van der Waals surface area contributed by atoms with Gasteiger partial charge in [0.05, 0.1) is 6.54 Å². The van der Waals surface area contributed by atoms with Crippen LogP contribution in [0.3, 0.4) is 0 Å². The van der Waals surface area contributed by atoms with Crippen molar-refractivity contribution in [2.24, 2.45) is 0 Å². The van der Waals surface area contributed by atoms with Crippen LogP contribution in [0.4, 0.5) is 18.9 Å². The third kappa shape index (κ3) is 4.71. The van der Waals surface area contributed by atoms with Gasteiger partial charge in [-0.05, 0) is 36.4 Å². The molecule has 146 valence electrons. The number of nitrogens with zero attached hydrogens (tertiary/aromatic N) is 2. The molecule has 3 aromatic rings. The van der Waals surface area contributed by atoms with E-state index in [1.165, 1.54) is 24.3 Å². The molecular weight excluding hydrogens is 417 g/mol. The van der Waals surface area contributed by atoms with Gasteiger partial charge in [0, 0.05) is 11.8 Å². The highest BCUT2D eigenvalue weighted by molar-refractivity contribution is 7.89. The van der Waals surface area contributed by atoms with Gasteiger partial charge in [0.15, 0.2) is 0 Å². The highest BCUT2D eigenvalue weighted by Gasteiger charge is 2.21. The Bertz CT molecular complexity index is 1120. The summed E-state index contributed by atoms with van der Waals surface area (Å²) in [5.74, 6) is -3.20. The second-order valence-corrected chi connectivity index (χ2v) is 8.16. The standard InChI is InChI=1S/C16H11F3N4O3S2/c17-9-1-4-11(5-2-9)21-15(24)16-23-22-14(27-16)8-20-28(25,26)13-6-3-10(18)7-12(13)19/h1-7,20H,8H2,(H,21,24). The average molecular weight is 428 g/mol. The summed E-state index contributed by atoms with van der Waals surface area (Å²) in [6, 6.07) is 7.14. The van der Waals surface area contributed by atoms with E-state index in [4.69, 9.17) is 0 Å². The molecule has 0 saturated heterocycles. The molecule has 12 heteroatoms. The molecule has 0 unspecified atom stereocenters. The number of benzene rings is 2. The average Bonchev–Trinajstić information content (AvgIpc) is 3.11. The maximum Gasteiger partial charge on any atom is 0.286 e. The molecule has 0 aliphatic heterocycles. The predicted octanol–water partition coefficient (Wildman–Crippen LogP) is 2.69. The lowest BCUT2D eigenvalue weighted by molar-refractivity contribution is 0.102. The minimum atomic E-state index is -4.26. The largest absolute Gasteiger partial charge is 0.320 e. The van der Waals surface area contributed by atoms with Crippen molar-refractivity contribution in [1.29, 1.82) is 0 Å². The zero-order chi connectivity index (χ0) is 20.3. The molecule has 0 aliphatic rings. The molecule has 0 saturated carbocycles. The second-order valence-electron chi connectivity index (χ2n) is 5.36. The molecule has 28 heavy (non-hydrogen) atoms. The smallest absolute Gasteiger partial charge is 0.286 e. The maximum atomic E-state index is 13.7. The maximum absolute atomic E-state index is 13.7. The van der Waals surface area contributed by atoms with Crippen LogP contribution in [0.5, 0.6) is 0 Å². The van der Waals surface area contributed by atoms with Crippen molar-refractivity contribution >= 4 is 33.0 Å². The van der Waals surface area contributed by atoms with E-state index in [1.54, 1.807) is 0 Å². The molecule has 0 bridgehead atoms. The molecule has 0 radical (unpaired) electrons. The van der Waals surface area contributed by atoms with E-state index in [0.29, 0.717) is 11.8 Å². The molecule has 1 heterocycles. The first-order valence-corrected chi connectivity index (χ1v) is 9.88. The Labute approximate surface area is 161 Å². The fraction of sp³-hybridized carbons (Fsp3) is 0.0625. The molecule has 2 aromatic carbocycles. The summed E-state index contributed by atoms with van der Waals surface area (Å²) in [4.78, 5) is 11.4. The van der Waals surface area contributed by atoms with Crippen LogP contribution in [-0.4, -0.2) is 24.5 Å². The van der Waals surface area contributed by atoms with Gasteiger partial charge in [0.1, 0.15) is 27.4 Å². The summed E-state index contributed by atoms with van der Waals surface area (Å²) in [6.07, 6.45) is 0. The van der Waals surface area contributed by atoms with E-state index in [-0.39, 0.29) is 16.6 Å². The highest BCUT2D eigenvalue weighted by Crippen LogP contribution is 2.17. The summed E-state index contributed by atoms with van der Waals surface area (Å²) in [6.45, 7) is -0.347. The van der Waals surface area contributed by atoms with Crippen molar-refractivity contribution in [3.63, 3.8) is 0 Å². The van der Waals surface area contributed by atoms with Gasteiger partial charge in [-0.2, -0.15) is 0 Å². The minimum Gasteiger partial charge on any atom is -0.320 e. The van der Waals surface area contributed by atoms with Crippen LogP contribution in [-0.2, 0) is 16.6 Å². The molecule has 0 spiro atoms. The van der Waals surface area contributed by atoms with Gasteiger partial charge >= 0.3 is 0 Å². The molecule has 7 nitrogen and oxygen atoms in total. The summed E-state index contributed by atoms with van der Waals surface area (Å²) < 4.78 is 65.8. The number of rotatable bonds is 6. The zero-order valence-corrected chi connectivity index (χ0v) is 15.5. The number of carbonyl (C=O) groups is 1. The lowest BCUT2D eigenvalue weighted by Crippen LogP contribution is -2.24. The van der Waals surface area contributed by atoms with E-state index < -0.39 is 38.3 Å². The summed E-state index contributed by atoms with van der Waals surface area (Å²) in [5, 5.41) is 9.94. The molecular formula is C16H11F3N4O3S2. The first-order chi connectivity index (χ1) is 13.2. The van der Waals surface area contributed by atoms with E-state index in [0.717, 1.165) is 23.5 Å². The van der Waals surface area contributed by atoms with Gasteiger partial charge in [-0.15, -0.1) is 10.2 Å².